The quantitative estimate of drug-likeness (QED) is 0.490. The summed E-state index contributed by atoms with van der Waals surface area (Å²) in [6.07, 6.45) is 1.80. The lowest BCUT2D eigenvalue weighted by Crippen LogP contribution is -2.50. The molecule has 2 fully saturated rings. The molecule has 2 saturated heterocycles. The molecule has 1 unspecified atom stereocenters. The van der Waals surface area contributed by atoms with Crippen molar-refractivity contribution >= 4 is 29.1 Å². The number of amides is 1. The minimum atomic E-state index is -1.66. The molecule has 2 aromatic carbocycles. The van der Waals surface area contributed by atoms with Crippen molar-refractivity contribution in [3.05, 3.63) is 69.2 Å². The molecule has 2 aromatic rings. The third-order valence-electron chi connectivity index (χ3n) is 8.07. The average Bonchev–Trinajstić information content (AvgIpc) is 3.41. The van der Waals surface area contributed by atoms with Crippen molar-refractivity contribution in [3.63, 3.8) is 0 Å². The monoisotopic (exact) mass is 563 g/mol. The fraction of sp³-hybridized carbons (Fsp3) is 0.517. The van der Waals surface area contributed by atoms with Gasteiger partial charge in [-0.15, -0.1) is 0 Å². The van der Waals surface area contributed by atoms with Gasteiger partial charge in [-0.3, -0.25) is 9.69 Å². The van der Waals surface area contributed by atoms with Gasteiger partial charge in [-0.1, -0.05) is 62.2 Å². The summed E-state index contributed by atoms with van der Waals surface area (Å²) >= 11 is 12.3. The highest BCUT2D eigenvalue weighted by molar-refractivity contribution is 6.31. The van der Waals surface area contributed by atoms with Crippen LogP contribution in [0.25, 0.3) is 0 Å². The zero-order valence-electron chi connectivity index (χ0n) is 22.0. The van der Waals surface area contributed by atoms with Crippen LogP contribution in [-0.4, -0.2) is 59.1 Å². The van der Waals surface area contributed by atoms with E-state index >= 15 is 8.78 Å². The second-order valence-corrected chi connectivity index (χ2v) is 12.5. The van der Waals surface area contributed by atoms with Gasteiger partial charge < -0.3 is 10.0 Å². The van der Waals surface area contributed by atoms with Crippen molar-refractivity contribution < 1.29 is 18.7 Å². The summed E-state index contributed by atoms with van der Waals surface area (Å²) in [7, 11) is 1.74. The molecule has 38 heavy (non-hydrogen) atoms. The number of hydrogen-bond acceptors (Lipinski definition) is 4. The van der Waals surface area contributed by atoms with E-state index in [1.165, 1.54) is 24.3 Å². The Bertz CT molecular complexity index is 1260. The van der Waals surface area contributed by atoms with Crippen LogP contribution in [-0.2, 0) is 10.2 Å². The normalized spacial score (nSPS) is 28.1. The number of carbonyl (C=O) groups excluding carboxylic acids is 1. The number of carbonyl (C=O) groups is 1. The number of likely N-dealkylation sites (N-methyl/N-ethyl adjacent to an activating group) is 1. The van der Waals surface area contributed by atoms with Crippen molar-refractivity contribution in [2.24, 2.45) is 5.41 Å². The fourth-order valence-corrected chi connectivity index (χ4v) is 6.79. The van der Waals surface area contributed by atoms with Gasteiger partial charge in [0.15, 0.2) is 0 Å². The number of aliphatic hydroxyl groups is 1. The largest absolute Gasteiger partial charge is 0.394 e. The minimum Gasteiger partial charge on any atom is -0.394 e. The second-order valence-electron chi connectivity index (χ2n) is 11.6. The molecule has 1 amide bonds. The van der Waals surface area contributed by atoms with Crippen LogP contribution in [0.5, 0.6) is 0 Å². The van der Waals surface area contributed by atoms with Gasteiger partial charge >= 0.3 is 0 Å². The number of aliphatic hydroxyl groups excluding tert-OH is 1. The van der Waals surface area contributed by atoms with E-state index in [1.54, 1.807) is 18.0 Å². The summed E-state index contributed by atoms with van der Waals surface area (Å²) in [5, 5.41) is 21.0. The maximum Gasteiger partial charge on any atom is 0.240 e. The molecule has 2 heterocycles. The Morgan fingerprint density at radius 2 is 1.95 bits per heavy atom. The van der Waals surface area contributed by atoms with E-state index in [1.807, 2.05) is 25.7 Å². The van der Waals surface area contributed by atoms with Crippen LogP contribution in [0.2, 0.25) is 10.0 Å². The molecule has 4 rings (SSSR count). The van der Waals surface area contributed by atoms with Gasteiger partial charge in [-0.25, -0.2) is 8.78 Å². The van der Waals surface area contributed by atoms with Crippen LogP contribution in [0.4, 0.5) is 8.78 Å². The SMILES string of the molecule is CN1[C@@H](CC(C)(C)C)[C@](C#N)(c2ccc(Cl)cc2F)[C@@H](c2cccc(Cl)c2F)[C@@H]1C(=O)N1CCCC1CO. The van der Waals surface area contributed by atoms with E-state index in [-0.39, 0.29) is 45.1 Å². The van der Waals surface area contributed by atoms with Gasteiger partial charge in [0.1, 0.15) is 17.0 Å². The number of likely N-dealkylation sites (tertiary alicyclic amines) is 2. The summed E-state index contributed by atoms with van der Waals surface area (Å²) in [6, 6.07) is 9.00. The van der Waals surface area contributed by atoms with Crippen molar-refractivity contribution in [2.45, 2.75) is 69.5 Å². The first-order chi connectivity index (χ1) is 17.9. The predicted molar refractivity (Wildman–Crippen MR) is 144 cm³/mol. The van der Waals surface area contributed by atoms with Crippen LogP contribution in [0.15, 0.2) is 36.4 Å². The molecule has 0 bridgehead atoms. The molecule has 0 aliphatic carbocycles. The third-order valence-corrected chi connectivity index (χ3v) is 8.60. The Morgan fingerprint density at radius 1 is 1.24 bits per heavy atom. The summed E-state index contributed by atoms with van der Waals surface area (Å²) in [6.45, 7) is 6.27. The van der Waals surface area contributed by atoms with Gasteiger partial charge in [0.25, 0.3) is 0 Å². The van der Waals surface area contributed by atoms with Crippen molar-refractivity contribution in [2.75, 3.05) is 20.2 Å². The third kappa shape index (κ3) is 4.81. The molecule has 0 radical (unpaired) electrons. The maximum atomic E-state index is 15.8. The van der Waals surface area contributed by atoms with Crippen LogP contribution < -0.4 is 0 Å². The minimum absolute atomic E-state index is 0.0605. The highest BCUT2D eigenvalue weighted by atomic mass is 35.5. The van der Waals surface area contributed by atoms with Crippen molar-refractivity contribution in [1.82, 2.24) is 9.80 Å². The molecule has 5 atom stereocenters. The van der Waals surface area contributed by atoms with E-state index in [0.29, 0.717) is 19.4 Å². The molecule has 5 nitrogen and oxygen atoms in total. The summed E-state index contributed by atoms with van der Waals surface area (Å²) < 4.78 is 31.6. The first-order valence-electron chi connectivity index (χ1n) is 12.8. The van der Waals surface area contributed by atoms with E-state index < -0.39 is 35.1 Å². The Hall–Kier alpha value is -2.24. The molecule has 2 aliphatic heterocycles. The number of nitriles is 1. The molecule has 9 heteroatoms. The topological polar surface area (TPSA) is 67.6 Å². The van der Waals surface area contributed by atoms with E-state index in [4.69, 9.17) is 23.2 Å². The lowest BCUT2D eigenvalue weighted by atomic mass is 9.62. The number of rotatable bonds is 5. The Kier molecular flexibility index (Phi) is 8.12. The molecule has 0 aromatic heterocycles. The predicted octanol–water partition coefficient (Wildman–Crippen LogP) is 5.92. The Balaban J connectivity index is 2.05. The van der Waals surface area contributed by atoms with E-state index in [2.05, 4.69) is 6.07 Å². The van der Waals surface area contributed by atoms with Gasteiger partial charge in [0.05, 0.1) is 29.8 Å². The second kappa shape index (κ2) is 10.7. The average molecular weight is 565 g/mol. The first-order valence-corrected chi connectivity index (χ1v) is 13.6. The lowest BCUT2D eigenvalue weighted by molar-refractivity contribution is -0.138. The Labute approximate surface area is 232 Å². The first kappa shape index (κ1) is 28.8. The number of halogens is 4. The zero-order valence-corrected chi connectivity index (χ0v) is 23.5. The van der Waals surface area contributed by atoms with Crippen LogP contribution in [0.3, 0.4) is 0 Å². The molecule has 1 N–H and O–H groups in total. The molecule has 0 spiro atoms. The van der Waals surface area contributed by atoms with Gasteiger partial charge in [-0.2, -0.15) is 5.26 Å². The summed E-state index contributed by atoms with van der Waals surface area (Å²) in [5.74, 6) is -2.84. The van der Waals surface area contributed by atoms with E-state index in [9.17, 15) is 15.2 Å². The zero-order chi connectivity index (χ0) is 28.0. The van der Waals surface area contributed by atoms with Gasteiger partial charge in [-0.05, 0) is 55.5 Å². The standard InChI is InChI=1S/C29H33Cl2F2N3O2/c1-28(2,3)14-23-29(16-34,20-11-10-17(30)13-22(20)32)24(19-8-5-9-21(31)25(19)33)26(35(23)4)27(38)36-12-6-7-18(36)15-37/h5,8-11,13,18,23-24,26,37H,6-7,12,14-15H2,1-4H3/t18?,23-,24-,26+,29-/m0/s1. The lowest BCUT2D eigenvalue weighted by Gasteiger charge is -2.38. The van der Waals surface area contributed by atoms with Gasteiger partial charge in [0.2, 0.25) is 5.91 Å². The van der Waals surface area contributed by atoms with Crippen molar-refractivity contribution in [1.29, 1.82) is 5.26 Å². The van der Waals surface area contributed by atoms with Crippen LogP contribution >= 0.6 is 23.2 Å². The fourth-order valence-electron chi connectivity index (χ4n) is 6.45. The molecular formula is C29H33Cl2F2N3O2. The molecule has 204 valence electrons. The highest BCUT2D eigenvalue weighted by Crippen LogP contribution is 2.56. The number of hydrogen-bond donors (Lipinski definition) is 1. The van der Waals surface area contributed by atoms with Crippen molar-refractivity contribution in [3.8, 4) is 6.07 Å². The summed E-state index contributed by atoms with van der Waals surface area (Å²) in [4.78, 5) is 17.7. The molecule has 0 saturated carbocycles. The number of nitrogens with zero attached hydrogens (tertiary/aromatic N) is 3. The molecule has 2 aliphatic rings. The van der Waals surface area contributed by atoms with Crippen LogP contribution in [0.1, 0.15) is 57.1 Å². The maximum absolute atomic E-state index is 15.8. The summed E-state index contributed by atoms with van der Waals surface area (Å²) in [5.41, 5.74) is -1.84. The van der Waals surface area contributed by atoms with E-state index in [0.717, 1.165) is 12.5 Å². The molecular weight excluding hydrogens is 531 g/mol. The highest BCUT2D eigenvalue weighted by Gasteiger charge is 2.64. The van der Waals surface area contributed by atoms with Gasteiger partial charge in [0, 0.05) is 29.1 Å². The smallest absolute Gasteiger partial charge is 0.240 e. The van der Waals surface area contributed by atoms with Crippen LogP contribution in [0, 0.1) is 28.4 Å². The number of benzene rings is 2. The Morgan fingerprint density at radius 3 is 2.55 bits per heavy atom.